The van der Waals surface area contributed by atoms with Crippen LogP contribution in [0.3, 0.4) is 0 Å². The van der Waals surface area contributed by atoms with Crippen LogP contribution in [-0.2, 0) is 4.79 Å². The Bertz CT molecular complexity index is 637. The molecule has 0 aromatic carbocycles. The van der Waals surface area contributed by atoms with Gasteiger partial charge in [0.05, 0.1) is 5.75 Å². The molecular formula is C12H16N6O2S2. The van der Waals surface area contributed by atoms with Gasteiger partial charge in [0.15, 0.2) is 10.2 Å². The fourth-order valence-corrected chi connectivity index (χ4v) is 3.67. The number of piperazine rings is 1. The number of hydrogen-bond donors (Lipinski definition) is 2. The van der Waals surface area contributed by atoms with E-state index in [0.29, 0.717) is 11.6 Å². The third-order valence-corrected chi connectivity index (χ3v) is 5.12. The van der Waals surface area contributed by atoms with Gasteiger partial charge in [-0.05, 0) is 6.92 Å². The van der Waals surface area contributed by atoms with E-state index in [2.05, 4.69) is 30.9 Å². The van der Waals surface area contributed by atoms with E-state index in [1.165, 1.54) is 23.1 Å². The van der Waals surface area contributed by atoms with E-state index in [9.17, 15) is 4.79 Å². The molecule has 0 unspecified atom stereocenters. The van der Waals surface area contributed by atoms with Gasteiger partial charge in [0.2, 0.25) is 11.0 Å². The molecule has 0 aliphatic carbocycles. The number of aromatic nitrogens is 3. The molecule has 2 N–H and O–H groups in total. The van der Waals surface area contributed by atoms with Crippen LogP contribution in [0.25, 0.3) is 0 Å². The number of aryl methyl sites for hydroxylation is 1. The van der Waals surface area contributed by atoms with E-state index in [0.717, 1.165) is 35.7 Å². The van der Waals surface area contributed by atoms with Crippen LogP contribution >= 0.6 is 23.1 Å². The average Bonchev–Trinajstić information content (AvgIpc) is 3.15. The summed E-state index contributed by atoms with van der Waals surface area (Å²) < 4.78 is 5.69. The lowest BCUT2D eigenvalue weighted by Crippen LogP contribution is -2.43. The van der Waals surface area contributed by atoms with Crippen molar-refractivity contribution in [2.24, 2.45) is 0 Å². The summed E-state index contributed by atoms with van der Waals surface area (Å²) in [6.07, 6.45) is 0. The second-order valence-corrected chi connectivity index (χ2v) is 6.93. The zero-order chi connectivity index (χ0) is 15.4. The zero-order valence-electron chi connectivity index (χ0n) is 12.0. The number of rotatable bonds is 5. The number of anilines is 2. The molecule has 1 saturated heterocycles. The Hall–Kier alpha value is -1.65. The van der Waals surface area contributed by atoms with Crippen LogP contribution < -0.4 is 15.5 Å². The van der Waals surface area contributed by atoms with Crippen molar-refractivity contribution in [1.82, 2.24) is 20.7 Å². The number of carbonyl (C=O) groups excluding carboxylic acids is 1. The van der Waals surface area contributed by atoms with Gasteiger partial charge >= 0.3 is 0 Å². The normalized spacial score (nSPS) is 15.0. The van der Waals surface area contributed by atoms with Crippen molar-refractivity contribution in [2.45, 2.75) is 11.3 Å². The minimum atomic E-state index is -0.141. The van der Waals surface area contributed by atoms with Gasteiger partial charge in [-0.25, -0.2) is 0 Å². The predicted molar refractivity (Wildman–Crippen MR) is 85.6 cm³/mol. The highest BCUT2D eigenvalue weighted by atomic mass is 32.2. The first-order chi connectivity index (χ1) is 10.7. The molecule has 2 aromatic heterocycles. The van der Waals surface area contributed by atoms with E-state index in [-0.39, 0.29) is 11.7 Å². The Morgan fingerprint density at radius 1 is 1.50 bits per heavy atom. The molecule has 2 aromatic rings. The van der Waals surface area contributed by atoms with E-state index < -0.39 is 0 Å². The highest BCUT2D eigenvalue weighted by molar-refractivity contribution is 8.01. The molecule has 118 valence electrons. The maximum Gasteiger partial charge on any atom is 0.236 e. The molecule has 3 heterocycles. The van der Waals surface area contributed by atoms with Gasteiger partial charge in [-0.3, -0.25) is 4.79 Å². The van der Waals surface area contributed by atoms with Crippen molar-refractivity contribution in [3.8, 4) is 0 Å². The molecule has 3 rings (SSSR count). The molecule has 0 bridgehead atoms. The number of thioether (sulfide) groups is 1. The van der Waals surface area contributed by atoms with Crippen molar-refractivity contribution in [3.63, 3.8) is 0 Å². The van der Waals surface area contributed by atoms with E-state index >= 15 is 0 Å². The molecule has 0 saturated carbocycles. The molecule has 1 aliphatic rings. The SMILES string of the molecule is Cc1cc(NC(=O)CSc2nnc(N3CCNCC3)s2)no1. The summed E-state index contributed by atoms with van der Waals surface area (Å²) in [6.45, 7) is 5.57. The van der Waals surface area contributed by atoms with Gasteiger partial charge in [-0.2, -0.15) is 0 Å². The van der Waals surface area contributed by atoms with Crippen LogP contribution in [0.4, 0.5) is 10.9 Å². The van der Waals surface area contributed by atoms with Crippen LogP contribution in [0, 0.1) is 6.92 Å². The van der Waals surface area contributed by atoms with Crippen molar-refractivity contribution < 1.29 is 9.32 Å². The minimum absolute atomic E-state index is 0.141. The smallest absolute Gasteiger partial charge is 0.236 e. The Balaban J connectivity index is 1.49. The van der Waals surface area contributed by atoms with Gasteiger partial charge < -0.3 is 20.1 Å². The van der Waals surface area contributed by atoms with Crippen LogP contribution in [0.15, 0.2) is 14.9 Å². The van der Waals surface area contributed by atoms with Crippen LogP contribution in [0.5, 0.6) is 0 Å². The van der Waals surface area contributed by atoms with E-state index in [1.807, 2.05) is 0 Å². The number of nitrogens with zero attached hydrogens (tertiary/aromatic N) is 4. The monoisotopic (exact) mass is 340 g/mol. The first-order valence-corrected chi connectivity index (χ1v) is 8.66. The Kier molecular flexibility index (Phi) is 4.90. The first-order valence-electron chi connectivity index (χ1n) is 6.86. The minimum Gasteiger partial charge on any atom is -0.360 e. The number of nitrogens with one attached hydrogen (secondary N) is 2. The quantitative estimate of drug-likeness (QED) is 0.778. The van der Waals surface area contributed by atoms with Gasteiger partial charge in [0, 0.05) is 32.2 Å². The first kappa shape index (κ1) is 15.3. The molecule has 8 nitrogen and oxygen atoms in total. The highest BCUT2D eigenvalue weighted by Gasteiger charge is 2.16. The van der Waals surface area contributed by atoms with Crippen molar-refractivity contribution in [1.29, 1.82) is 0 Å². The van der Waals surface area contributed by atoms with Crippen LogP contribution in [-0.4, -0.2) is 53.2 Å². The molecule has 0 atom stereocenters. The van der Waals surface area contributed by atoms with Crippen LogP contribution in [0.2, 0.25) is 0 Å². The summed E-state index contributed by atoms with van der Waals surface area (Å²) in [5, 5.41) is 18.9. The summed E-state index contributed by atoms with van der Waals surface area (Å²) in [5.41, 5.74) is 0. The number of carbonyl (C=O) groups is 1. The molecule has 1 aliphatic heterocycles. The largest absolute Gasteiger partial charge is 0.360 e. The predicted octanol–water partition coefficient (Wildman–Crippen LogP) is 0.975. The molecule has 0 spiro atoms. The van der Waals surface area contributed by atoms with Gasteiger partial charge in [-0.15, -0.1) is 10.2 Å². The third kappa shape index (κ3) is 3.96. The third-order valence-electron chi connectivity index (χ3n) is 3.01. The van der Waals surface area contributed by atoms with Crippen LogP contribution in [0.1, 0.15) is 5.76 Å². The van der Waals surface area contributed by atoms with Gasteiger partial charge in [0.1, 0.15) is 5.76 Å². The fourth-order valence-electron chi connectivity index (χ4n) is 1.98. The van der Waals surface area contributed by atoms with Gasteiger partial charge in [0.25, 0.3) is 0 Å². The second kappa shape index (κ2) is 7.07. The summed E-state index contributed by atoms with van der Waals surface area (Å²) in [7, 11) is 0. The number of hydrogen-bond acceptors (Lipinski definition) is 9. The standard InChI is InChI=1S/C12H16N6O2S2/c1-8-6-9(17-20-8)14-10(19)7-21-12-16-15-11(22-12)18-4-2-13-3-5-18/h6,13H,2-5,7H2,1H3,(H,14,17,19). The lowest BCUT2D eigenvalue weighted by Gasteiger charge is -2.26. The molecule has 22 heavy (non-hydrogen) atoms. The molecular weight excluding hydrogens is 324 g/mol. The topological polar surface area (TPSA) is 96.2 Å². The summed E-state index contributed by atoms with van der Waals surface area (Å²) >= 11 is 2.89. The lowest BCUT2D eigenvalue weighted by molar-refractivity contribution is -0.113. The molecule has 10 heteroatoms. The maximum absolute atomic E-state index is 11.8. The molecule has 1 amide bonds. The maximum atomic E-state index is 11.8. The Morgan fingerprint density at radius 3 is 3.05 bits per heavy atom. The highest BCUT2D eigenvalue weighted by Crippen LogP contribution is 2.28. The molecule has 0 radical (unpaired) electrons. The number of amides is 1. The average molecular weight is 340 g/mol. The summed E-state index contributed by atoms with van der Waals surface area (Å²) in [5.74, 6) is 1.22. The Morgan fingerprint density at radius 2 is 2.32 bits per heavy atom. The van der Waals surface area contributed by atoms with Crippen molar-refractivity contribution >= 4 is 40.0 Å². The molecule has 1 fully saturated rings. The van der Waals surface area contributed by atoms with Gasteiger partial charge in [-0.1, -0.05) is 28.3 Å². The Labute approximate surface area is 135 Å². The fraction of sp³-hybridized carbons (Fsp3) is 0.500. The zero-order valence-corrected chi connectivity index (χ0v) is 13.7. The summed E-state index contributed by atoms with van der Waals surface area (Å²) in [4.78, 5) is 14.0. The summed E-state index contributed by atoms with van der Waals surface area (Å²) in [6, 6.07) is 1.68. The van der Waals surface area contributed by atoms with Crippen molar-refractivity contribution in [3.05, 3.63) is 11.8 Å². The van der Waals surface area contributed by atoms with E-state index in [4.69, 9.17) is 4.52 Å². The van der Waals surface area contributed by atoms with Crippen molar-refractivity contribution in [2.75, 3.05) is 42.1 Å². The van der Waals surface area contributed by atoms with E-state index in [1.54, 1.807) is 13.0 Å². The lowest BCUT2D eigenvalue weighted by atomic mass is 10.4. The second-order valence-electron chi connectivity index (χ2n) is 4.75.